The molecular formula is C26H24N4O3. The van der Waals surface area contributed by atoms with Crippen molar-refractivity contribution >= 4 is 28.0 Å². The summed E-state index contributed by atoms with van der Waals surface area (Å²) in [5.41, 5.74) is 8.69. The van der Waals surface area contributed by atoms with Crippen LogP contribution in [0.5, 0.6) is 11.5 Å². The summed E-state index contributed by atoms with van der Waals surface area (Å²) in [5.74, 6) is 2.53. The fraction of sp³-hybridized carbons (Fsp3) is 0.154. The van der Waals surface area contributed by atoms with Crippen LogP contribution in [0.3, 0.4) is 0 Å². The van der Waals surface area contributed by atoms with Crippen molar-refractivity contribution in [2.75, 3.05) is 19.6 Å². The molecule has 0 fully saturated rings. The zero-order valence-corrected chi connectivity index (χ0v) is 18.9. The maximum atomic E-state index is 6.34. The Morgan fingerprint density at radius 3 is 2.55 bits per heavy atom. The maximum Gasteiger partial charge on any atom is 0.222 e. The molecule has 0 radical (unpaired) electrons. The summed E-state index contributed by atoms with van der Waals surface area (Å²) in [6, 6.07) is 19.6. The Bertz CT molecular complexity index is 1520. The lowest BCUT2D eigenvalue weighted by Gasteiger charge is -2.11. The van der Waals surface area contributed by atoms with Gasteiger partial charge in [0.1, 0.15) is 11.3 Å². The van der Waals surface area contributed by atoms with Crippen LogP contribution in [-0.2, 0) is 0 Å². The van der Waals surface area contributed by atoms with E-state index in [0.717, 1.165) is 44.1 Å². The van der Waals surface area contributed by atoms with Crippen molar-refractivity contribution in [3.63, 3.8) is 0 Å². The largest absolute Gasteiger partial charge is 0.493 e. The Morgan fingerprint density at radius 2 is 1.76 bits per heavy atom. The van der Waals surface area contributed by atoms with E-state index in [1.807, 2.05) is 55.5 Å². The minimum Gasteiger partial charge on any atom is -0.493 e. The molecule has 2 aromatic heterocycles. The van der Waals surface area contributed by atoms with E-state index in [1.54, 1.807) is 14.2 Å². The SMILES string of the molecule is COc1ccc(-c2cc(=NNc3nc4ccccc4[nH]3)c3cc(C)cc(C)c3o2)cc1OC. The first-order chi connectivity index (χ1) is 16.1. The number of aromatic nitrogens is 2. The first kappa shape index (κ1) is 20.6. The van der Waals surface area contributed by atoms with Crippen molar-refractivity contribution in [3.8, 4) is 22.8 Å². The molecule has 0 atom stereocenters. The molecule has 0 aliphatic rings. The molecule has 0 aliphatic heterocycles. The van der Waals surface area contributed by atoms with Crippen LogP contribution in [0.2, 0.25) is 0 Å². The number of rotatable bonds is 5. The second-order valence-electron chi connectivity index (χ2n) is 7.85. The molecular weight excluding hydrogens is 416 g/mol. The Labute approximate surface area is 190 Å². The molecule has 5 rings (SSSR count). The highest BCUT2D eigenvalue weighted by atomic mass is 16.5. The van der Waals surface area contributed by atoms with Crippen molar-refractivity contribution in [2.45, 2.75) is 13.8 Å². The lowest BCUT2D eigenvalue weighted by Crippen LogP contribution is -2.09. The summed E-state index contributed by atoms with van der Waals surface area (Å²) in [4.78, 5) is 7.79. The molecule has 5 aromatic rings. The summed E-state index contributed by atoms with van der Waals surface area (Å²) in [7, 11) is 3.23. The number of nitrogens with zero attached hydrogens (tertiary/aromatic N) is 2. The molecule has 7 heteroatoms. The predicted octanol–water partition coefficient (Wildman–Crippen LogP) is 5.54. The average molecular weight is 441 g/mol. The fourth-order valence-electron chi connectivity index (χ4n) is 3.96. The van der Waals surface area contributed by atoms with Crippen LogP contribution < -0.4 is 20.3 Å². The number of para-hydroxylation sites is 2. The van der Waals surface area contributed by atoms with Gasteiger partial charge in [0, 0.05) is 17.0 Å². The lowest BCUT2D eigenvalue weighted by molar-refractivity contribution is 0.355. The number of imidazole rings is 1. The Kier molecular flexibility index (Phi) is 5.22. The summed E-state index contributed by atoms with van der Waals surface area (Å²) in [6.45, 7) is 4.10. The molecule has 0 bridgehead atoms. The summed E-state index contributed by atoms with van der Waals surface area (Å²) in [6.07, 6.45) is 0. The molecule has 0 unspecified atom stereocenters. The van der Waals surface area contributed by atoms with E-state index in [1.165, 1.54) is 0 Å². The van der Waals surface area contributed by atoms with Gasteiger partial charge in [0.2, 0.25) is 5.95 Å². The molecule has 7 nitrogen and oxygen atoms in total. The molecule has 0 aliphatic carbocycles. The average Bonchev–Trinajstić information content (AvgIpc) is 3.25. The van der Waals surface area contributed by atoms with Crippen LogP contribution in [0.15, 0.2) is 70.2 Å². The fourth-order valence-corrected chi connectivity index (χ4v) is 3.96. The normalized spacial score (nSPS) is 11.8. The molecule has 3 aromatic carbocycles. The Hall–Kier alpha value is -4.26. The molecule has 33 heavy (non-hydrogen) atoms. The standard InChI is InChI=1S/C26H24N4O3/c1-15-11-16(2)25-18(12-15)21(29-30-26-27-19-7-5-6-8-20(19)28-26)14-23(33-25)17-9-10-22(31-3)24(13-17)32-4/h5-14H,1-4H3,(H2,27,28,30). The van der Waals surface area contributed by atoms with Crippen LogP contribution >= 0.6 is 0 Å². The van der Waals surface area contributed by atoms with E-state index in [0.29, 0.717) is 23.2 Å². The van der Waals surface area contributed by atoms with Gasteiger partial charge in [-0.3, -0.25) is 0 Å². The number of benzene rings is 3. The van der Waals surface area contributed by atoms with Gasteiger partial charge in [-0.25, -0.2) is 10.4 Å². The van der Waals surface area contributed by atoms with Gasteiger partial charge in [0.05, 0.1) is 30.6 Å². The number of fused-ring (bicyclic) bond motifs is 2. The van der Waals surface area contributed by atoms with E-state index < -0.39 is 0 Å². The minimum absolute atomic E-state index is 0.571. The van der Waals surface area contributed by atoms with Crippen LogP contribution in [0.25, 0.3) is 33.3 Å². The second kappa shape index (κ2) is 8.35. The Balaban J connectivity index is 1.67. The highest BCUT2D eigenvalue weighted by Crippen LogP contribution is 2.33. The third-order valence-electron chi connectivity index (χ3n) is 5.51. The van der Waals surface area contributed by atoms with E-state index >= 15 is 0 Å². The predicted molar refractivity (Wildman–Crippen MR) is 130 cm³/mol. The summed E-state index contributed by atoms with van der Waals surface area (Å²) < 4.78 is 17.2. The number of aromatic amines is 1. The quantitative estimate of drug-likeness (QED) is 0.351. The van der Waals surface area contributed by atoms with Crippen molar-refractivity contribution in [3.05, 3.63) is 77.1 Å². The zero-order chi connectivity index (χ0) is 22.9. The monoisotopic (exact) mass is 440 g/mol. The molecule has 0 saturated heterocycles. The zero-order valence-electron chi connectivity index (χ0n) is 18.9. The highest BCUT2D eigenvalue weighted by molar-refractivity contribution is 5.82. The number of nitrogens with one attached hydrogen (secondary N) is 2. The van der Waals surface area contributed by atoms with E-state index in [-0.39, 0.29) is 0 Å². The first-order valence-electron chi connectivity index (χ1n) is 10.6. The van der Waals surface area contributed by atoms with Gasteiger partial charge in [-0.2, -0.15) is 5.10 Å². The van der Waals surface area contributed by atoms with Crippen LogP contribution in [0.1, 0.15) is 11.1 Å². The van der Waals surface area contributed by atoms with Crippen LogP contribution in [0, 0.1) is 13.8 Å². The lowest BCUT2D eigenvalue weighted by atomic mass is 10.1. The number of methoxy groups -OCH3 is 2. The van der Waals surface area contributed by atoms with Crippen molar-refractivity contribution < 1.29 is 13.9 Å². The molecule has 2 N–H and O–H groups in total. The van der Waals surface area contributed by atoms with Crippen LogP contribution in [-0.4, -0.2) is 24.2 Å². The summed E-state index contributed by atoms with van der Waals surface area (Å²) >= 11 is 0. The summed E-state index contributed by atoms with van der Waals surface area (Å²) in [5, 5.41) is 6.35. The van der Waals surface area contributed by atoms with Crippen LogP contribution in [0.4, 0.5) is 5.95 Å². The first-order valence-corrected chi connectivity index (χ1v) is 10.6. The maximum absolute atomic E-state index is 6.34. The van der Waals surface area contributed by atoms with Crippen molar-refractivity contribution in [1.82, 2.24) is 9.97 Å². The van der Waals surface area contributed by atoms with E-state index in [2.05, 4.69) is 39.6 Å². The number of H-pyrrole nitrogens is 1. The smallest absolute Gasteiger partial charge is 0.222 e. The molecule has 0 amide bonds. The van der Waals surface area contributed by atoms with Gasteiger partial charge in [-0.05, 0) is 61.4 Å². The topological polar surface area (TPSA) is 84.7 Å². The van der Waals surface area contributed by atoms with Crippen molar-refractivity contribution in [2.24, 2.45) is 5.10 Å². The second-order valence-corrected chi connectivity index (χ2v) is 7.85. The molecule has 166 valence electrons. The van der Waals surface area contributed by atoms with Crippen molar-refractivity contribution in [1.29, 1.82) is 0 Å². The third-order valence-corrected chi connectivity index (χ3v) is 5.51. The minimum atomic E-state index is 0.571. The van der Waals surface area contributed by atoms with E-state index in [9.17, 15) is 0 Å². The van der Waals surface area contributed by atoms with Gasteiger partial charge in [-0.1, -0.05) is 18.2 Å². The third kappa shape index (κ3) is 3.89. The number of aryl methyl sites for hydroxylation is 2. The number of hydrogen-bond donors (Lipinski definition) is 2. The Morgan fingerprint density at radius 1 is 0.939 bits per heavy atom. The number of hydrogen-bond acceptors (Lipinski definition) is 6. The highest BCUT2D eigenvalue weighted by Gasteiger charge is 2.12. The van der Waals surface area contributed by atoms with E-state index in [4.69, 9.17) is 13.9 Å². The van der Waals surface area contributed by atoms with Gasteiger partial charge < -0.3 is 18.9 Å². The molecule has 2 heterocycles. The van der Waals surface area contributed by atoms with Gasteiger partial charge in [0.25, 0.3) is 0 Å². The van der Waals surface area contributed by atoms with Gasteiger partial charge in [-0.15, -0.1) is 0 Å². The molecule has 0 saturated carbocycles. The molecule has 0 spiro atoms. The van der Waals surface area contributed by atoms with Gasteiger partial charge in [0.15, 0.2) is 11.5 Å². The number of anilines is 1. The van der Waals surface area contributed by atoms with Gasteiger partial charge >= 0.3 is 0 Å². The number of ether oxygens (including phenoxy) is 2.